The summed E-state index contributed by atoms with van der Waals surface area (Å²) in [5, 5.41) is 2.56. The molecule has 1 atom stereocenters. The van der Waals surface area contributed by atoms with E-state index >= 15 is 0 Å². The molecule has 150 valence electrons. The van der Waals surface area contributed by atoms with E-state index in [0.717, 1.165) is 25.0 Å². The summed E-state index contributed by atoms with van der Waals surface area (Å²) in [7, 11) is 0. The normalized spacial score (nSPS) is 16.9. The highest BCUT2D eigenvalue weighted by atomic mass is 19.4. The van der Waals surface area contributed by atoms with Crippen LogP contribution in [0, 0.1) is 6.92 Å². The zero-order valence-corrected chi connectivity index (χ0v) is 15.3. The van der Waals surface area contributed by atoms with Gasteiger partial charge in [-0.15, -0.1) is 0 Å². The smallest absolute Gasteiger partial charge is 0.416 e. The highest BCUT2D eigenvalue weighted by Crippen LogP contribution is 2.30. The Hall–Kier alpha value is -2.61. The summed E-state index contributed by atoms with van der Waals surface area (Å²) in [5.41, 5.74) is -0.684. The number of aryl methyl sites for hydroxylation is 1. The third-order valence-corrected chi connectivity index (χ3v) is 4.60. The third-order valence-electron chi connectivity index (χ3n) is 4.60. The Labute approximate surface area is 159 Å². The Morgan fingerprint density at radius 3 is 2.71 bits per heavy atom. The minimum Gasteiger partial charge on any atom is -0.424 e. The predicted octanol–water partition coefficient (Wildman–Crippen LogP) is 3.79. The summed E-state index contributed by atoms with van der Waals surface area (Å²) < 4.78 is 49.0. The van der Waals surface area contributed by atoms with Crippen LogP contribution >= 0.6 is 0 Å². The Kier molecular flexibility index (Phi) is 5.88. The molecule has 1 unspecified atom stereocenters. The van der Waals surface area contributed by atoms with E-state index in [-0.39, 0.29) is 24.6 Å². The van der Waals surface area contributed by atoms with Gasteiger partial charge in [-0.3, -0.25) is 4.79 Å². The summed E-state index contributed by atoms with van der Waals surface area (Å²) in [5.74, 6) is -0.211. The number of halogens is 3. The van der Waals surface area contributed by atoms with E-state index in [1.54, 1.807) is 19.1 Å². The number of nitrogens with one attached hydrogen (secondary N) is 1. The average Bonchev–Trinajstić information content (AvgIpc) is 3.15. The maximum atomic E-state index is 12.7. The van der Waals surface area contributed by atoms with Gasteiger partial charge in [0.15, 0.2) is 0 Å². The highest BCUT2D eigenvalue weighted by molar-refractivity contribution is 5.95. The zero-order chi connectivity index (χ0) is 20.3. The molecule has 0 spiro atoms. The maximum Gasteiger partial charge on any atom is 0.416 e. The Morgan fingerprint density at radius 1 is 1.29 bits per heavy atom. The van der Waals surface area contributed by atoms with Crippen molar-refractivity contribution in [1.82, 2.24) is 5.32 Å². The predicted molar refractivity (Wildman–Crippen MR) is 95.1 cm³/mol. The fraction of sp³-hybridized carbons (Fsp3) is 0.400. The van der Waals surface area contributed by atoms with E-state index in [0.29, 0.717) is 23.5 Å². The van der Waals surface area contributed by atoms with E-state index < -0.39 is 23.3 Å². The van der Waals surface area contributed by atoms with Gasteiger partial charge < -0.3 is 14.5 Å². The average molecular weight is 395 g/mol. The van der Waals surface area contributed by atoms with Gasteiger partial charge in [0.05, 0.1) is 5.56 Å². The number of hydrogen-bond acceptors (Lipinski definition) is 4. The molecule has 0 radical (unpaired) electrons. The van der Waals surface area contributed by atoms with E-state index in [1.807, 2.05) is 0 Å². The fourth-order valence-corrected chi connectivity index (χ4v) is 3.18. The first-order valence-electron chi connectivity index (χ1n) is 8.96. The molecule has 1 aromatic carbocycles. The SMILES string of the molecule is Cc1cc(C2CCCO2)oc(=O)c1C(=O)NCCc1cccc(C(F)(F)F)c1. The molecule has 8 heteroatoms. The molecule has 1 N–H and O–H groups in total. The van der Waals surface area contributed by atoms with Gasteiger partial charge in [-0.25, -0.2) is 4.79 Å². The largest absolute Gasteiger partial charge is 0.424 e. The lowest BCUT2D eigenvalue weighted by atomic mass is 10.1. The van der Waals surface area contributed by atoms with Crippen LogP contribution in [-0.2, 0) is 17.3 Å². The van der Waals surface area contributed by atoms with Gasteiger partial charge in [0.25, 0.3) is 5.91 Å². The Morgan fingerprint density at radius 2 is 2.07 bits per heavy atom. The van der Waals surface area contributed by atoms with Crippen LogP contribution in [0.5, 0.6) is 0 Å². The standard InChI is InChI=1S/C20H20F3NO4/c1-12-10-16(15-6-3-9-27-15)28-19(26)17(12)18(25)24-8-7-13-4-2-5-14(11-13)20(21,22)23/h2,4-5,10-11,15H,3,6-9H2,1H3,(H,24,25). The van der Waals surface area contributed by atoms with Crippen LogP contribution < -0.4 is 10.9 Å². The van der Waals surface area contributed by atoms with Gasteiger partial charge in [0, 0.05) is 13.2 Å². The summed E-state index contributed by atoms with van der Waals surface area (Å²) in [6.07, 6.45) is -2.85. The number of carbonyl (C=O) groups excluding carboxylic acids is 1. The minimum absolute atomic E-state index is 0.0898. The van der Waals surface area contributed by atoms with Crippen LogP contribution in [0.25, 0.3) is 0 Å². The first-order valence-corrected chi connectivity index (χ1v) is 8.96. The van der Waals surface area contributed by atoms with Gasteiger partial charge in [0.2, 0.25) is 0 Å². The van der Waals surface area contributed by atoms with Crippen molar-refractivity contribution in [2.45, 2.75) is 38.5 Å². The fourth-order valence-electron chi connectivity index (χ4n) is 3.18. The molecular weight excluding hydrogens is 375 g/mol. The third kappa shape index (κ3) is 4.62. The molecule has 1 aromatic heterocycles. The maximum absolute atomic E-state index is 12.7. The van der Waals surface area contributed by atoms with Crippen molar-refractivity contribution in [2.24, 2.45) is 0 Å². The monoisotopic (exact) mass is 395 g/mol. The lowest BCUT2D eigenvalue weighted by Gasteiger charge is -2.12. The molecule has 5 nitrogen and oxygen atoms in total. The molecule has 28 heavy (non-hydrogen) atoms. The molecule has 3 rings (SSSR count). The van der Waals surface area contributed by atoms with E-state index in [9.17, 15) is 22.8 Å². The molecule has 0 aliphatic carbocycles. The summed E-state index contributed by atoms with van der Waals surface area (Å²) in [6.45, 7) is 2.33. The highest BCUT2D eigenvalue weighted by Gasteiger charge is 2.30. The lowest BCUT2D eigenvalue weighted by molar-refractivity contribution is -0.137. The number of rotatable bonds is 5. The van der Waals surface area contributed by atoms with Crippen LogP contribution in [0.1, 0.15) is 51.8 Å². The number of carbonyl (C=O) groups is 1. The molecule has 1 saturated heterocycles. The van der Waals surface area contributed by atoms with Crippen molar-refractivity contribution in [3.05, 3.63) is 68.8 Å². The van der Waals surface area contributed by atoms with Crippen molar-refractivity contribution in [3.63, 3.8) is 0 Å². The second kappa shape index (κ2) is 8.18. The Bertz CT molecular complexity index is 914. The van der Waals surface area contributed by atoms with Gasteiger partial charge in [-0.2, -0.15) is 13.2 Å². The van der Waals surface area contributed by atoms with Crippen LogP contribution in [0.4, 0.5) is 13.2 Å². The molecule has 1 fully saturated rings. The number of alkyl halides is 3. The number of benzene rings is 1. The van der Waals surface area contributed by atoms with Crippen molar-refractivity contribution in [1.29, 1.82) is 0 Å². The quantitative estimate of drug-likeness (QED) is 0.836. The van der Waals surface area contributed by atoms with Crippen LogP contribution in [0.3, 0.4) is 0 Å². The molecule has 1 amide bonds. The van der Waals surface area contributed by atoms with E-state index in [1.165, 1.54) is 6.07 Å². The second-order valence-electron chi connectivity index (χ2n) is 6.70. The molecule has 1 aliphatic heterocycles. The molecule has 2 aromatic rings. The summed E-state index contributed by atoms with van der Waals surface area (Å²) in [4.78, 5) is 24.6. The van der Waals surface area contributed by atoms with Crippen LogP contribution in [0.15, 0.2) is 39.5 Å². The van der Waals surface area contributed by atoms with Crippen molar-refractivity contribution < 1.29 is 27.1 Å². The van der Waals surface area contributed by atoms with Gasteiger partial charge in [-0.1, -0.05) is 18.2 Å². The first-order chi connectivity index (χ1) is 13.3. The van der Waals surface area contributed by atoms with Crippen molar-refractivity contribution in [2.75, 3.05) is 13.2 Å². The Balaban J connectivity index is 1.65. The van der Waals surface area contributed by atoms with Gasteiger partial charge in [0.1, 0.15) is 17.4 Å². The first kappa shape index (κ1) is 20.1. The lowest BCUT2D eigenvalue weighted by Crippen LogP contribution is -2.31. The minimum atomic E-state index is -4.42. The number of ether oxygens (including phenoxy) is 1. The topological polar surface area (TPSA) is 68.5 Å². The van der Waals surface area contributed by atoms with Gasteiger partial charge >= 0.3 is 11.8 Å². The molecule has 1 aliphatic rings. The zero-order valence-electron chi connectivity index (χ0n) is 15.3. The summed E-state index contributed by atoms with van der Waals surface area (Å²) in [6, 6.07) is 6.54. The molecule has 2 heterocycles. The van der Waals surface area contributed by atoms with Gasteiger partial charge in [-0.05, 0) is 49.4 Å². The summed E-state index contributed by atoms with van der Waals surface area (Å²) >= 11 is 0. The van der Waals surface area contributed by atoms with Crippen LogP contribution in [0.2, 0.25) is 0 Å². The second-order valence-corrected chi connectivity index (χ2v) is 6.70. The molecular formula is C20H20F3NO4. The molecule has 0 bridgehead atoms. The van der Waals surface area contributed by atoms with Crippen LogP contribution in [-0.4, -0.2) is 19.1 Å². The van der Waals surface area contributed by atoms with E-state index in [4.69, 9.17) is 9.15 Å². The van der Waals surface area contributed by atoms with Crippen molar-refractivity contribution >= 4 is 5.91 Å². The van der Waals surface area contributed by atoms with E-state index in [2.05, 4.69) is 5.32 Å². The number of amides is 1. The number of hydrogen-bond donors (Lipinski definition) is 1. The van der Waals surface area contributed by atoms with Crippen molar-refractivity contribution in [3.8, 4) is 0 Å². The molecule has 0 saturated carbocycles.